The molecule has 27 heavy (non-hydrogen) atoms. The van der Waals surface area contributed by atoms with E-state index in [1.54, 1.807) is 0 Å². The van der Waals surface area contributed by atoms with Gasteiger partial charge in [-0.2, -0.15) is 0 Å². The molecule has 0 amide bonds. The van der Waals surface area contributed by atoms with Crippen molar-refractivity contribution in [1.29, 1.82) is 0 Å². The summed E-state index contributed by atoms with van der Waals surface area (Å²) in [5, 5.41) is 3.44. The Morgan fingerprint density at radius 1 is 0.963 bits per heavy atom. The van der Waals surface area contributed by atoms with Crippen LogP contribution in [0.1, 0.15) is 12.5 Å². The second kappa shape index (κ2) is 8.18. The average molecular weight is 360 g/mol. The molecule has 0 spiro atoms. The second-order valence-electron chi connectivity index (χ2n) is 6.58. The molecule has 2 aromatic carbocycles. The Hall–Kier alpha value is -2.92. The summed E-state index contributed by atoms with van der Waals surface area (Å²) in [6.07, 6.45) is 1.03. The third-order valence-corrected chi connectivity index (χ3v) is 4.71. The third kappa shape index (κ3) is 4.26. The van der Waals surface area contributed by atoms with Gasteiger partial charge in [-0.05, 0) is 24.1 Å². The molecule has 1 N–H and O–H groups in total. The van der Waals surface area contributed by atoms with Crippen LogP contribution in [0.25, 0.3) is 11.4 Å². The summed E-state index contributed by atoms with van der Waals surface area (Å²) in [5.41, 5.74) is 3.36. The molecule has 3 aromatic rings. The predicted octanol–water partition coefficient (Wildman–Crippen LogP) is 4.29. The fourth-order valence-corrected chi connectivity index (χ4v) is 3.14. The maximum Gasteiger partial charge on any atom is 0.163 e. The molecule has 1 fully saturated rings. The van der Waals surface area contributed by atoms with Crippen molar-refractivity contribution in [3.8, 4) is 11.4 Å². The Balaban J connectivity index is 1.68. The number of hydrogen-bond donors (Lipinski definition) is 1. The largest absolute Gasteiger partial charge is 0.378 e. The van der Waals surface area contributed by atoms with Crippen molar-refractivity contribution in [3.05, 3.63) is 66.2 Å². The topological polar surface area (TPSA) is 50.3 Å². The smallest absolute Gasteiger partial charge is 0.163 e. The first-order valence-corrected chi connectivity index (χ1v) is 9.45. The molecular formula is C22H24N4O. The monoisotopic (exact) mass is 360 g/mol. The van der Waals surface area contributed by atoms with E-state index < -0.39 is 0 Å². The van der Waals surface area contributed by atoms with E-state index in [0.717, 1.165) is 61.4 Å². The molecule has 2 heterocycles. The number of aromatic nitrogens is 2. The van der Waals surface area contributed by atoms with Gasteiger partial charge in [-0.15, -0.1) is 0 Å². The Kier molecular flexibility index (Phi) is 5.30. The minimum atomic E-state index is 0.728. The number of morpholine rings is 1. The summed E-state index contributed by atoms with van der Waals surface area (Å²) in [4.78, 5) is 11.8. The van der Waals surface area contributed by atoms with Crippen LogP contribution in [0.2, 0.25) is 0 Å². The molecule has 0 bridgehead atoms. The van der Waals surface area contributed by atoms with Crippen molar-refractivity contribution < 1.29 is 4.74 Å². The maximum absolute atomic E-state index is 5.48. The van der Waals surface area contributed by atoms with Crippen molar-refractivity contribution in [1.82, 2.24) is 9.97 Å². The molecule has 1 aliphatic rings. The zero-order valence-electron chi connectivity index (χ0n) is 15.6. The molecule has 1 saturated heterocycles. The summed E-state index contributed by atoms with van der Waals surface area (Å²) in [7, 11) is 0. The van der Waals surface area contributed by atoms with Crippen LogP contribution in [0.4, 0.5) is 17.3 Å². The van der Waals surface area contributed by atoms with Crippen molar-refractivity contribution >= 4 is 17.3 Å². The van der Waals surface area contributed by atoms with Crippen LogP contribution < -0.4 is 10.2 Å². The maximum atomic E-state index is 5.48. The third-order valence-electron chi connectivity index (χ3n) is 4.71. The number of aryl methyl sites for hydroxylation is 1. The average Bonchev–Trinajstić information content (AvgIpc) is 2.75. The molecule has 0 atom stereocenters. The van der Waals surface area contributed by atoms with Crippen molar-refractivity contribution in [2.24, 2.45) is 0 Å². The molecule has 138 valence electrons. The van der Waals surface area contributed by atoms with Crippen LogP contribution in [0.15, 0.2) is 60.7 Å². The van der Waals surface area contributed by atoms with Gasteiger partial charge in [0.1, 0.15) is 11.6 Å². The van der Waals surface area contributed by atoms with Gasteiger partial charge in [0.05, 0.1) is 13.2 Å². The highest BCUT2D eigenvalue weighted by Crippen LogP contribution is 2.25. The van der Waals surface area contributed by atoms with E-state index in [2.05, 4.69) is 41.4 Å². The number of benzene rings is 2. The lowest BCUT2D eigenvalue weighted by Gasteiger charge is -2.28. The molecule has 0 saturated carbocycles. The van der Waals surface area contributed by atoms with Crippen molar-refractivity contribution in [3.63, 3.8) is 0 Å². The minimum absolute atomic E-state index is 0.728. The normalized spacial score (nSPS) is 14.2. The fourth-order valence-electron chi connectivity index (χ4n) is 3.14. The van der Waals surface area contributed by atoms with Crippen LogP contribution in [-0.2, 0) is 11.2 Å². The summed E-state index contributed by atoms with van der Waals surface area (Å²) < 4.78 is 5.48. The van der Waals surface area contributed by atoms with Gasteiger partial charge in [-0.3, -0.25) is 0 Å². The summed E-state index contributed by atoms with van der Waals surface area (Å²) in [5.74, 6) is 2.46. The van der Waals surface area contributed by atoms with E-state index in [9.17, 15) is 0 Å². The Morgan fingerprint density at radius 2 is 1.70 bits per heavy atom. The lowest BCUT2D eigenvalue weighted by molar-refractivity contribution is 0.122. The first-order chi connectivity index (χ1) is 13.3. The van der Waals surface area contributed by atoms with Gasteiger partial charge in [0.25, 0.3) is 0 Å². The van der Waals surface area contributed by atoms with E-state index >= 15 is 0 Å². The first kappa shape index (κ1) is 17.5. The SMILES string of the molecule is CCc1ccc(Nc2cc(N3CCOCC3)nc(-c3ccccc3)n2)cc1. The molecule has 5 nitrogen and oxygen atoms in total. The Morgan fingerprint density at radius 3 is 2.41 bits per heavy atom. The van der Waals surface area contributed by atoms with E-state index in [0.29, 0.717) is 0 Å². The van der Waals surface area contributed by atoms with E-state index in [-0.39, 0.29) is 0 Å². The van der Waals surface area contributed by atoms with Gasteiger partial charge in [0.15, 0.2) is 5.82 Å². The van der Waals surface area contributed by atoms with Crippen LogP contribution >= 0.6 is 0 Å². The van der Waals surface area contributed by atoms with Crippen molar-refractivity contribution in [2.45, 2.75) is 13.3 Å². The minimum Gasteiger partial charge on any atom is -0.378 e. The number of ether oxygens (including phenoxy) is 1. The van der Waals surface area contributed by atoms with Gasteiger partial charge < -0.3 is 15.0 Å². The predicted molar refractivity (Wildman–Crippen MR) is 110 cm³/mol. The lowest BCUT2D eigenvalue weighted by atomic mass is 10.1. The first-order valence-electron chi connectivity index (χ1n) is 9.45. The highest BCUT2D eigenvalue weighted by molar-refractivity contribution is 5.65. The molecule has 1 aromatic heterocycles. The lowest BCUT2D eigenvalue weighted by Crippen LogP contribution is -2.36. The van der Waals surface area contributed by atoms with E-state index in [1.807, 2.05) is 36.4 Å². The van der Waals surface area contributed by atoms with Crippen LogP contribution in [-0.4, -0.2) is 36.3 Å². The van der Waals surface area contributed by atoms with E-state index in [1.165, 1.54) is 5.56 Å². The summed E-state index contributed by atoms with van der Waals surface area (Å²) >= 11 is 0. The zero-order valence-corrected chi connectivity index (χ0v) is 15.6. The van der Waals surface area contributed by atoms with Gasteiger partial charge in [0, 0.05) is 30.4 Å². The van der Waals surface area contributed by atoms with Gasteiger partial charge in [-0.1, -0.05) is 49.4 Å². The van der Waals surface area contributed by atoms with Crippen molar-refractivity contribution in [2.75, 3.05) is 36.5 Å². The molecule has 4 rings (SSSR count). The van der Waals surface area contributed by atoms with E-state index in [4.69, 9.17) is 14.7 Å². The van der Waals surface area contributed by atoms with Crippen LogP contribution in [0.5, 0.6) is 0 Å². The number of anilines is 3. The highest BCUT2D eigenvalue weighted by atomic mass is 16.5. The quantitative estimate of drug-likeness (QED) is 0.736. The number of nitrogens with zero attached hydrogens (tertiary/aromatic N) is 3. The molecule has 0 radical (unpaired) electrons. The second-order valence-corrected chi connectivity index (χ2v) is 6.58. The molecular weight excluding hydrogens is 336 g/mol. The molecule has 5 heteroatoms. The molecule has 0 unspecified atom stereocenters. The summed E-state index contributed by atoms with van der Waals surface area (Å²) in [6.45, 7) is 5.30. The number of nitrogens with one attached hydrogen (secondary N) is 1. The molecule has 0 aliphatic carbocycles. The van der Waals surface area contributed by atoms with Crippen LogP contribution in [0, 0.1) is 0 Å². The standard InChI is InChI=1S/C22H24N4O/c1-2-17-8-10-19(11-9-17)23-20-16-21(26-12-14-27-15-13-26)25-22(24-20)18-6-4-3-5-7-18/h3-11,16H,2,12-15H2,1H3,(H,23,24,25). The fraction of sp³-hybridized carbons (Fsp3) is 0.273. The Labute approximate surface area is 160 Å². The number of rotatable bonds is 5. The molecule has 1 aliphatic heterocycles. The van der Waals surface area contributed by atoms with Gasteiger partial charge in [0.2, 0.25) is 0 Å². The zero-order chi connectivity index (χ0) is 18.5. The summed E-state index contributed by atoms with van der Waals surface area (Å²) in [6, 6.07) is 20.6. The van der Waals surface area contributed by atoms with Gasteiger partial charge in [-0.25, -0.2) is 9.97 Å². The van der Waals surface area contributed by atoms with Crippen LogP contribution in [0.3, 0.4) is 0 Å². The van der Waals surface area contributed by atoms with Gasteiger partial charge >= 0.3 is 0 Å². The number of hydrogen-bond acceptors (Lipinski definition) is 5. The highest BCUT2D eigenvalue weighted by Gasteiger charge is 2.16. The Bertz CT molecular complexity index is 875.